The van der Waals surface area contributed by atoms with Gasteiger partial charge in [0.15, 0.2) is 0 Å². The van der Waals surface area contributed by atoms with Crippen molar-refractivity contribution in [3.8, 4) is 22.8 Å². The maximum Gasteiger partial charge on any atom is 0.0889 e. The molecule has 4 heterocycles. The molecule has 29 heavy (non-hydrogen) atoms. The Morgan fingerprint density at radius 1 is 0.621 bits per heavy atom. The lowest BCUT2D eigenvalue weighted by atomic mass is 9.98. The molecule has 0 saturated heterocycles. The van der Waals surface area contributed by atoms with Gasteiger partial charge in [-0.1, -0.05) is 31.2 Å². The van der Waals surface area contributed by atoms with Gasteiger partial charge in [0.1, 0.15) is 0 Å². The predicted molar refractivity (Wildman–Crippen MR) is 116 cm³/mol. The summed E-state index contributed by atoms with van der Waals surface area (Å²) < 4.78 is 0. The smallest absolute Gasteiger partial charge is 0.0889 e. The summed E-state index contributed by atoms with van der Waals surface area (Å²) >= 11 is 0. The number of pyridine rings is 4. The largest absolute Gasteiger partial charge is 0.255 e. The number of aryl methyl sites for hydroxylation is 1. The average Bonchev–Trinajstić information content (AvgIpc) is 2.75. The summed E-state index contributed by atoms with van der Waals surface area (Å²) in [4.78, 5) is 18.6. The van der Waals surface area contributed by atoms with E-state index in [1.165, 1.54) is 0 Å². The Kier molecular flexibility index (Phi) is 5.71. The molecule has 0 saturated carbocycles. The van der Waals surface area contributed by atoms with Crippen LogP contribution in [0.3, 0.4) is 0 Å². The molecule has 0 aliphatic carbocycles. The Balaban J connectivity index is 1.47. The minimum Gasteiger partial charge on any atom is -0.255 e. The predicted octanol–water partition coefficient (Wildman–Crippen LogP) is 5.33. The first-order valence-corrected chi connectivity index (χ1v) is 9.95. The van der Waals surface area contributed by atoms with Gasteiger partial charge in [-0.15, -0.1) is 0 Å². The highest BCUT2D eigenvalue weighted by molar-refractivity contribution is 5.54. The van der Waals surface area contributed by atoms with E-state index in [-0.39, 0.29) is 0 Å². The normalized spacial score (nSPS) is 11.9. The van der Waals surface area contributed by atoms with Crippen LogP contribution in [0.5, 0.6) is 0 Å². The van der Waals surface area contributed by atoms with Crippen molar-refractivity contribution in [1.82, 2.24) is 19.9 Å². The van der Waals surface area contributed by atoms with Crippen LogP contribution in [0.15, 0.2) is 79.0 Å². The molecule has 144 valence electrons. The highest BCUT2D eigenvalue weighted by Crippen LogP contribution is 2.19. The molecule has 0 N–H and O–H groups in total. The second-order valence-electron chi connectivity index (χ2n) is 7.42. The molecule has 0 bridgehead atoms. The molecule has 4 aromatic rings. The van der Waals surface area contributed by atoms with E-state index in [1.807, 2.05) is 55.5 Å². The monoisotopic (exact) mass is 380 g/mol. The Morgan fingerprint density at radius 3 is 1.76 bits per heavy atom. The lowest BCUT2D eigenvalue weighted by Crippen LogP contribution is -2.07. The second-order valence-corrected chi connectivity index (χ2v) is 7.42. The van der Waals surface area contributed by atoms with Crippen molar-refractivity contribution < 1.29 is 0 Å². The molecule has 0 radical (unpaired) electrons. The van der Waals surface area contributed by atoms with Crippen molar-refractivity contribution >= 4 is 0 Å². The molecule has 1 unspecified atom stereocenters. The van der Waals surface area contributed by atoms with Crippen LogP contribution in [0.1, 0.15) is 24.0 Å². The molecule has 4 rings (SSSR count). The van der Waals surface area contributed by atoms with E-state index in [2.05, 4.69) is 41.2 Å². The Morgan fingerprint density at radius 2 is 1.17 bits per heavy atom. The van der Waals surface area contributed by atoms with Crippen LogP contribution in [0, 0.1) is 12.8 Å². The number of aromatic nitrogens is 4. The lowest BCUT2D eigenvalue weighted by molar-refractivity contribution is 0.561. The van der Waals surface area contributed by atoms with Crippen LogP contribution >= 0.6 is 0 Å². The van der Waals surface area contributed by atoms with Crippen LogP contribution in [0.4, 0.5) is 0 Å². The van der Waals surface area contributed by atoms with Gasteiger partial charge < -0.3 is 0 Å². The maximum absolute atomic E-state index is 4.84. The van der Waals surface area contributed by atoms with E-state index in [0.717, 1.165) is 52.7 Å². The first-order valence-electron chi connectivity index (χ1n) is 9.95. The van der Waals surface area contributed by atoms with E-state index < -0.39 is 0 Å². The minimum atomic E-state index is 0.426. The highest BCUT2D eigenvalue weighted by atomic mass is 14.8. The zero-order valence-corrected chi connectivity index (χ0v) is 16.8. The number of rotatable bonds is 6. The van der Waals surface area contributed by atoms with E-state index in [1.54, 1.807) is 6.20 Å². The number of nitrogens with zero attached hydrogens (tertiary/aromatic N) is 4. The lowest BCUT2D eigenvalue weighted by Gasteiger charge is -2.12. The van der Waals surface area contributed by atoms with Crippen molar-refractivity contribution in [2.45, 2.75) is 26.7 Å². The van der Waals surface area contributed by atoms with Crippen LogP contribution in [0.2, 0.25) is 0 Å². The van der Waals surface area contributed by atoms with Crippen molar-refractivity contribution in [2.75, 3.05) is 0 Å². The second kappa shape index (κ2) is 8.74. The van der Waals surface area contributed by atoms with Gasteiger partial charge in [-0.2, -0.15) is 0 Å². The van der Waals surface area contributed by atoms with Crippen LogP contribution in [-0.2, 0) is 12.8 Å². The fourth-order valence-corrected chi connectivity index (χ4v) is 3.46. The molecular weight excluding hydrogens is 356 g/mol. The summed E-state index contributed by atoms with van der Waals surface area (Å²) in [6, 6.07) is 24.3. The van der Waals surface area contributed by atoms with Gasteiger partial charge in [0.25, 0.3) is 0 Å². The third-order valence-electron chi connectivity index (χ3n) is 4.81. The first-order chi connectivity index (χ1) is 14.2. The Hall–Kier alpha value is -3.40. The summed E-state index contributed by atoms with van der Waals surface area (Å²) in [6.45, 7) is 4.25. The van der Waals surface area contributed by atoms with Crippen molar-refractivity contribution in [3.05, 3.63) is 96.1 Å². The van der Waals surface area contributed by atoms with E-state index in [0.29, 0.717) is 5.92 Å². The van der Waals surface area contributed by atoms with E-state index in [4.69, 9.17) is 9.97 Å². The number of hydrogen-bond donors (Lipinski definition) is 0. The standard InChI is InChI=1S/C25H24N4/c1-18(16-20-9-6-13-23(28-20)22-11-3-4-15-26-22)17-21-10-7-14-25(29-21)24-12-5-8-19(2)27-24/h3-15,18H,16-17H2,1-2H3. The zero-order chi connectivity index (χ0) is 20.1. The molecule has 4 aromatic heterocycles. The number of hydrogen-bond acceptors (Lipinski definition) is 4. The molecular formula is C25H24N4. The van der Waals surface area contributed by atoms with E-state index >= 15 is 0 Å². The summed E-state index contributed by atoms with van der Waals surface area (Å²) in [5.74, 6) is 0.426. The van der Waals surface area contributed by atoms with Gasteiger partial charge >= 0.3 is 0 Å². The molecule has 1 atom stereocenters. The summed E-state index contributed by atoms with van der Waals surface area (Å²) in [6.07, 6.45) is 3.60. The quantitative estimate of drug-likeness (QED) is 0.454. The third kappa shape index (κ3) is 4.91. The molecule has 0 aromatic carbocycles. The van der Waals surface area contributed by atoms with Gasteiger partial charge in [0, 0.05) is 23.3 Å². The zero-order valence-electron chi connectivity index (χ0n) is 16.8. The Bertz CT molecular complexity index is 1090. The molecule has 0 aliphatic rings. The van der Waals surface area contributed by atoms with Crippen LogP contribution < -0.4 is 0 Å². The fraction of sp³-hybridized carbons (Fsp3) is 0.200. The molecule has 0 spiro atoms. The first kappa shape index (κ1) is 18.9. The van der Waals surface area contributed by atoms with Crippen molar-refractivity contribution in [2.24, 2.45) is 5.92 Å². The summed E-state index contributed by atoms with van der Waals surface area (Å²) in [7, 11) is 0. The minimum absolute atomic E-state index is 0.426. The topological polar surface area (TPSA) is 51.6 Å². The van der Waals surface area contributed by atoms with Gasteiger partial charge in [-0.25, -0.2) is 0 Å². The van der Waals surface area contributed by atoms with Gasteiger partial charge in [-0.05, 0) is 74.2 Å². The Labute approximate surface area is 171 Å². The molecule has 0 amide bonds. The SMILES string of the molecule is Cc1cccc(-c2cccc(CC(C)Cc3cccc(-c4ccccn4)n3)n2)n1. The molecule has 0 fully saturated rings. The molecule has 4 heteroatoms. The van der Waals surface area contributed by atoms with Crippen molar-refractivity contribution in [3.63, 3.8) is 0 Å². The van der Waals surface area contributed by atoms with Crippen molar-refractivity contribution in [1.29, 1.82) is 0 Å². The average molecular weight is 380 g/mol. The molecule has 4 nitrogen and oxygen atoms in total. The van der Waals surface area contributed by atoms with Gasteiger partial charge in [0.05, 0.1) is 22.8 Å². The van der Waals surface area contributed by atoms with Gasteiger partial charge in [-0.3, -0.25) is 19.9 Å². The maximum atomic E-state index is 4.84. The molecule has 0 aliphatic heterocycles. The third-order valence-corrected chi connectivity index (χ3v) is 4.81. The summed E-state index contributed by atoms with van der Waals surface area (Å²) in [5, 5.41) is 0. The summed E-state index contributed by atoms with van der Waals surface area (Å²) in [5.41, 5.74) is 6.83. The van der Waals surface area contributed by atoms with Crippen LogP contribution in [-0.4, -0.2) is 19.9 Å². The highest BCUT2D eigenvalue weighted by Gasteiger charge is 2.10. The fourth-order valence-electron chi connectivity index (χ4n) is 3.46. The van der Waals surface area contributed by atoms with Crippen LogP contribution in [0.25, 0.3) is 22.8 Å². The van der Waals surface area contributed by atoms with E-state index in [9.17, 15) is 0 Å². The van der Waals surface area contributed by atoms with Gasteiger partial charge in [0.2, 0.25) is 0 Å².